The molecule has 0 radical (unpaired) electrons. The second-order valence-electron chi connectivity index (χ2n) is 6.99. The van der Waals surface area contributed by atoms with Crippen LogP contribution in [0.5, 0.6) is 5.75 Å². The lowest BCUT2D eigenvalue weighted by Crippen LogP contribution is -2.34. The second-order valence-corrected chi connectivity index (χ2v) is 7.83. The molecule has 0 bridgehead atoms. The van der Waals surface area contributed by atoms with Crippen LogP contribution >= 0.6 is 23.2 Å². The number of ether oxygens (including phenoxy) is 4. The highest BCUT2D eigenvalue weighted by atomic mass is 35.5. The third-order valence-corrected chi connectivity index (χ3v) is 5.41. The fraction of sp³-hybridized carbons (Fsp3) is 0.273. The molecule has 7 nitrogen and oxygen atoms in total. The van der Waals surface area contributed by atoms with E-state index in [9.17, 15) is 4.79 Å². The van der Waals surface area contributed by atoms with Crippen molar-refractivity contribution >= 4 is 29.2 Å². The van der Waals surface area contributed by atoms with Gasteiger partial charge in [-0.25, -0.2) is 9.78 Å². The molecule has 1 fully saturated rings. The first-order valence-electron chi connectivity index (χ1n) is 9.53. The molecule has 1 saturated heterocycles. The molecule has 1 aliphatic rings. The number of carbonyl (C=O) groups is 1. The Morgan fingerprint density at radius 3 is 2.74 bits per heavy atom. The number of esters is 1. The number of halogens is 2. The Morgan fingerprint density at radius 2 is 2.06 bits per heavy atom. The quantitative estimate of drug-likeness (QED) is 0.486. The predicted octanol–water partition coefficient (Wildman–Crippen LogP) is 4.32. The first-order valence-corrected chi connectivity index (χ1v) is 10.3. The molecule has 1 aromatic heterocycles. The van der Waals surface area contributed by atoms with Crippen molar-refractivity contribution in [2.45, 2.75) is 18.4 Å². The lowest BCUT2D eigenvalue weighted by Gasteiger charge is -2.30. The third kappa shape index (κ3) is 4.85. The maximum Gasteiger partial charge on any atom is 0.337 e. The van der Waals surface area contributed by atoms with Crippen LogP contribution in [0.15, 0.2) is 61.2 Å². The largest absolute Gasteiger partial charge is 0.491 e. The van der Waals surface area contributed by atoms with Gasteiger partial charge in [0, 0.05) is 23.0 Å². The first-order chi connectivity index (χ1) is 15.0. The second kappa shape index (κ2) is 9.28. The maximum absolute atomic E-state index is 11.6. The molecule has 31 heavy (non-hydrogen) atoms. The van der Waals surface area contributed by atoms with Gasteiger partial charge in [0.15, 0.2) is 0 Å². The van der Waals surface area contributed by atoms with E-state index in [-0.39, 0.29) is 12.7 Å². The normalized spacial score (nSPS) is 20.5. The average Bonchev–Trinajstić information content (AvgIpc) is 3.43. The number of methoxy groups -OCH3 is 1. The lowest BCUT2D eigenvalue weighted by atomic mass is 10.1. The summed E-state index contributed by atoms with van der Waals surface area (Å²) >= 11 is 12.5. The van der Waals surface area contributed by atoms with Gasteiger partial charge in [-0.15, -0.1) is 0 Å². The summed E-state index contributed by atoms with van der Waals surface area (Å²) in [5.74, 6) is -0.901. The number of benzene rings is 2. The molecule has 0 spiro atoms. The molecule has 162 valence electrons. The van der Waals surface area contributed by atoms with Crippen molar-refractivity contribution in [1.82, 2.24) is 9.55 Å². The molecule has 2 aromatic carbocycles. The molecule has 0 saturated carbocycles. The summed E-state index contributed by atoms with van der Waals surface area (Å²) < 4.78 is 24.9. The Hall–Kier alpha value is -2.58. The predicted molar refractivity (Wildman–Crippen MR) is 114 cm³/mol. The van der Waals surface area contributed by atoms with E-state index in [1.165, 1.54) is 7.11 Å². The Labute approximate surface area is 189 Å². The smallest absolute Gasteiger partial charge is 0.337 e. The van der Waals surface area contributed by atoms with Gasteiger partial charge in [0.05, 0.1) is 37.2 Å². The van der Waals surface area contributed by atoms with E-state index in [2.05, 4.69) is 4.98 Å². The number of rotatable bonds is 7. The molecular weight excluding hydrogens is 443 g/mol. The summed E-state index contributed by atoms with van der Waals surface area (Å²) in [5.41, 5.74) is 1.13. The summed E-state index contributed by atoms with van der Waals surface area (Å²) in [6.45, 7) is 0.932. The van der Waals surface area contributed by atoms with Crippen molar-refractivity contribution in [3.05, 3.63) is 82.4 Å². The number of carbonyl (C=O) groups excluding carboxylic acids is 1. The van der Waals surface area contributed by atoms with Crippen LogP contribution < -0.4 is 4.74 Å². The van der Waals surface area contributed by atoms with Gasteiger partial charge in [-0.2, -0.15) is 0 Å². The Balaban J connectivity index is 1.48. The van der Waals surface area contributed by atoms with E-state index in [4.69, 9.17) is 42.1 Å². The molecule has 0 N–H and O–H groups in total. The molecule has 0 unspecified atom stereocenters. The topological polar surface area (TPSA) is 71.8 Å². The lowest BCUT2D eigenvalue weighted by molar-refractivity contribution is -0.189. The van der Waals surface area contributed by atoms with E-state index >= 15 is 0 Å². The summed E-state index contributed by atoms with van der Waals surface area (Å²) in [6, 6.07) is 11.9. The molecule has 4 rings (SSSR count). The van der Waals surface area contributed by atoms with Gasteiger partial charge in [-0.3, -0.25) is 0 Å². The van der Waals surface area contributed by atoms with Crippen molar-refractivity contribution in [3.8, 4) is 5.75 Å². The molecule has 2 heterocycles. The molecule has 3 aromatic rings. The van der Waals surface area contributed by atoms with Crippen LogP contribution in [0.1, 0.15) is 15.9 Å². The zero-order valence-corrected chi connectivity index (χ0v) is 18.2. The van der Waals surface area contributed by atoms with Crippen molar-refractivity contribution in [1.29, 1.82) is 0 Å². The van der Waals surface area contributed by atoms with Crippen molar-refractivity contribution in [2.75, 3.05) is 20.3 Å². The van der Waals surface area contributed by atoms with Crippen LogP contribution in [0.25, 0.3) is 0 Å². The summed E-state index contributed by atoms with van der Waals surface area (Å²) in [5, 5.41) is 0.979. The zero-order valence-electron chi connectivity index (χ0n) is 16.7. The highest BCUT2D eigenvalue weighted by Gasteiger charge is 2.45. The van der Waals surface area contributed by atoms with E-state index in [0.29, 0.717) is 40.1 Å². The Kier molecular flexibility index (Phi) is 6.48. The summed E-state index contributed by atoms with van der Waals surface area (Å²) in [6.07, 6.45) is 4.86. The van der Waals surface area contributed by atoms with Gasteiger partial charge in [0.25, 0.3) is 0 Å². The van der Waals surface area contributed by atoms with Gasteiger partial charge in [0.1, 0.15) is 18.5 Å². The van der Waals surface area contributed by atoms with Gasteiger partial charge < -0.3 is 23.5 Å². The molecular formula is C22H20Cl2N2O5. The fourth-order valence-electron chi connectivity index (χ4n) is 3.37. The van der Waals surface area contributed by atoms with Crippen LogP contribution in [-0.2, 0) is 26.5 Å². The van der Waals surface area contributed by atoms with Gasteiger partial charge >= 0.3 is 5.97 Å². The van der Waals surface area contributed by atoms with Crippen molar-refractivity contribution in [2.24, 2.45) is 0 Å². The van der Waals surface area contributed by atoms with Crippen molar-refractivity contribution in [3.63, 3.8) is 0 Å². The van der Waals surface area contributed by atoms with Crippen molar-refractivity contribution < 1.29 is 23.7 Å². The SMILES string of the molecule is COC(=O)c1ccc(OC[C@@H]2CO[C@@](Cn3ccnc3)(c3ccc(Cl)cc3Cl)O2)cc1. The number of nitrogens with zero attached hydrogens (tertiary/aromatic N) is 2. The molecule has 0 amide bonds. The molecule has 2 atom stereocenters. The van der Waals surface area contributed by atoms with Crippen LogP contribution in [0, 0.1) is 0 Å². The first kappa shape index (κ1) is 21.6. The minimum Gasteiger partial charge on any atom is -0.491 e. The van der Waals surface area contributed by atoms with Gasteiger partial charge in [-0.1, -0.05) is 29.3 Å². The third-order valence-electron chi connectivity index (χ3n) is 4.86. The molecule has 0 aliphatic carbocycles. The minimum absolute atomic E-state index is 0.258. The Morgan fingerprint density at radius 1 is 1.26 bits per heavy atom. The average molecular weight is 463 g/mol. The van der Waals surface area contributed by atoms with Crippen LogP contribution in [0.2, 0.25) is 10.0 Å². The summed E-state index contributed by atoms with van der Waals surface area (Å²) in [4.78, 5) is 15.6. The number of hydrogen-bond donors (Lipinski definition) is 0. The van der Waals surface area contributed by atoms with Crippen LogP contribution in [-0.4, -0.2) is 41.9 Å². The highest BCUT2D eigenvalue weighted by Crippen LogP contribution is 2.40. The van der Waals surface area contributed by atoms with E-state index in [0.717, 1.165) is 0 Å². The monoisotopic (exact) mass is 462 g/mol. The number of imidazole rings is 1. The summed E-state index contributed by atoms with van der Waals surface area (Å²) in [7, 11) is 1.34. The van der Waals surface area contributed by atoms with E-state index in [1.807, 2.05) is 10.8 Å². The van der Waals surface area contributed by atoms with Gasteiger partial charge in [0.2, 0.25) is 5.79 Å². The zero-order chi connectivity index (χ0) is 21.8. The van der Waals surface area contributed by atoms with Gasteiger partial charge in [-0.05, 0) is 36.4 Å². The number of aromatic nitrogens is 2. The standard InChI is InChI=1S/C22H20Cl2N2O5/c1-28-21(27)15-2-5-17(6-3-15)29-11-18-12-30-22(31-18,13-26-9-8-25-14-26)19-7-4-16(23)10-20(19)24/h2-10,14,18H,11-13H2,1H3/t18-,22-/m1/s1. The highest BCUT2D eigenvalue weighted by molar-refractivity contribution is 6.35. The van der Waals surface area contributed by atoms with E-state index in [1.54, 1.807) is 55.0 Å². The maximum atomic E-state index is 11.6. The molecule has 9 heteroatoms. The number of hydrogen-bond acceptors (Lipinski definition) is 6. The minimum atomic E-state index is -1.11. The Bertz CT molecular complexity index is 1040. The van der Waals surface area contributed by atoms with Crippen LogP contribution in [0.4, 0.5) is 0 Å². The van der Waals surface area contributed by atoms with E-state index < -0.39 is 11.8 Å². The fourth-order valence-corrected chi connectivity index (χ4v) is 3.92. The molecule has 1 aliphatic heterocycles. The van der Waals surface area contributed by atoms with Crippen LogP contribution in [0.3, 0.4) is 0 Å².